The van der Waals surface area contributed by atoms with Crippen LogP contribution in [0.5, 0.6) is 0 Å². The summed E-state index contributed by atoms with van der Waals surface area (Å²) < 4.78 is 0. The number of hydrogen-bond donors (Lipinski definition) is 1. The first kappa shape index (κ1) is 13.1. The highest BCUT2D eigenvalue weighted by atomic mass is 32.1. The zero-order valence-corrected chi connectivity index (χ0v) is 12.0. The van der Waals surface area contributed by atoms with Gasteiger partial charge in [0.2, 0.25) is 0 Å². The van der Waals surface area contributed by atoms with Crippen molar-refractivity contribution in [1.82, 2.24) is 4.98 Å². The Morgan fingerprint density at radius 3 is 2.90 bits per heavy atom. The minimum Gasteiger partial charge on any atom is -0.477 e. The molecule has 0 radical (unpaired) electrons. The molecule has 4 heteroatoms. The van der Waals surface area contributed by atoms with Crippen LogP contribution < -0.4 is 0 Å². The quantitative estimate of drug-likeness (QED) is 0.768. The van der Waals surface area contributed by atoms with Crippen molar-refractivity contribution >= 4 is 38.4 Å². The fraction of sp³-hybridized carbons (Fsp3) is 0.250. The van der Waals surface area contributed by atoms with Gasteiger partial charge in [-0.15, -0.1) is 11.3 Å². The number of para-hydroxylation sites is 1. The van der Waals surface area contributed by atoms with Crippen LogP contribution in [0.15, 0.2) is 30.3 Å². The van der Waals surface area contributed by atoms with Crippen LogP contribution in [-0.2, 0) is 6.42 Å². The summed E-state index contributed by atoms with van der Waals surface area (Å²) in [5.74, 6) is -0.844. The first-order chi connectivity index (χ1) is 9.70. The van der Waals surface area contributed by atoms with Crippen LogP contribution in [0.2, 0.25) is 0 Å². The Bertz CT molecular complexity index is 792. The monoisotopic (exact) mass is 285 g/mol. The SMILES string of the molecule is CCCCc1c(C(=O)O)sc2nc3ccccc3cc12. The Labute approximate surface area is 120 Å². The standard InChI is InChI=1S/C16H15NO2S/c1-2-3-7-11-12-9-10-6-4-5-8-13(10)17-15(12)20-14(11)16(18)19/h4-6,8-9H,2-3,7H2,1H3,(H,18,19). The molecule has 0 bridgehead atoms. The number of aromatic carboxylic acids is 1. The number of thiophene rings is 1. The summed E-state index contributed by atoms with van der Waals surface area (Å²) in [5.41, 5.74) is 1.86. The fourth-order valence-corrected chi connectivity index (χ4v) is 3.50. The van der Waals surface area contributed by atoms with E-state index in [4.69, 9.17) is 0 Å². The highest BCUT2D eigenvalue weighted by molar-refractivity contribution is 7.20. The smallest absolute Gasteiger partial charge is 0.346 e. The number of carboxylic acids is 1. The molecule has 1 aromatic carbocycles. The molecule has 3 nitrogen and oxygen atoms in total. The fourth-order valence-electron chi connectivity index (χ4n) is 2.45. The second kappa shape index (κ2) is 5.21. The van der Waals surface area contributed by atoms with E-state index in [2.05, 4.69) is 18.0 Å². The van der Waals surface area contributed by atoms with E-state index in [-0.39, 0.29) is 0 Å². The van der Waals surface area contributed by atoms with Crippen LogP contribution in [0.25, 0.3) is 21.1 Å². The van der Waals surface area contributed by atoms with Crippen molar-refractivity contribution in [2.24, 2.45) is 0 Å². The highest BCUT2D eigenvalue weighted by Gasteiger charge is 2.18. The van der Waals surface area contributed by atoms with Crippen molar-refractivity contribution in [3.8, 4) is 0 Å². The molecule has 20 heavy (non-hydrogen) atoms. The van der Waals surface area contributed by atoms with Gasteiger partial charge in [-0.3, -0.25) is 0 Å². The van der Waals surface area contributed by atoms with Gasteiger partial charge in [0.05, 0.1) is 5.52 Å². The lowest BCUT2D eigenvalue weighted by Gasteiger charge is -2.01. The molecule has 0 aliphatic carbocycles. The van der Waals surface area contributed by atoms with Gasteiger partial charge in [-0.05, 0) is 30.5 Å². The van der Waals surface area contributed by atoms with E-state index in [1.807, 2.05) is 24.3 Å². The summed E-state index contributed by atoms with van der Waals surface area (Å²) >= 11 is 1.29. The summed E-state index contributed by atoms with van der Waals surface area (Å²) in [6.45, 7) is 2.11. The molecule has 3 rings (SSSR count). The number of carbonyl (C=O) groups is 1. The zero-order valence-electron chi connectivity index (χ0n) is 11.2. The number of aromatic nitrogens is 1. The summed E-state index contributed by atoms with van der Waals surface area (Å²) in [4.78, 5) is 17.3. The molecule has 0 spiro atoms. The minimum atomic E-state index is -0.844. The molecule has 0 saturated heterocycles. The Hall–Kier alpha value is -1.94. The molecule has 2 heterocycles. The lowest BCUT2D eigenvalue weighted by atomic mass is 10.0. The van der Waals surface area contributed by atoms with E-state index in [0.29, 0.717) is 4.88 Å². The molecule has 0 fully saturated rings. The third-order valence-corrected chi connectivity index (χ3v) is 4.59. The third kappa shape index (κ3) is 2.16. The summed E-state index contributed by atoms with van der Waals surface area (Å²) in [7, 11) is 0. The number of fused-ring (bicyclic) bond motifs is 2. The molecule has 102 valence electrons. The number of benzene rings is 1. The van der Waals surface area contributed by atoms with Crippen LogP contribution in [0, 0.1) is 0 Å². The number of carboxylic acid groups (broad SMARTS) is 1. The molecule has 0 amide bonds. The molecule has 0 aliphatic heterocycles. The van der Waals surface area contributed by atoms with Gasteiger partial charge >= 0.3 is 5.97 Å². The van der Waals surface area contributed by atoms with Crippen molar-refractivity contribution in [2.75, 3.05) is 0 Å². The van der Waals surface area contributed by atoms with E-state index in [0.717, 1.165) is 45.9 Å². The first-order valence-corrected chi connectivity index (χ1v) is 7.57. The maximum absolute atomic E-state index is 11.4. The van der Waals surface area contributed by atoms with Crippen LogP contribution in [0.3, 0.4) is 0 Å². The van der Waals surface area contributed by atoms with Crippen molar-refractivity contribution in [3.63, 3.8) is 0 Å². The Kier molecular flexibility index (Phi) is 3.40. The van der Waals surface area contributed by atoms with Gasteiger partial charge in [0, 0.05) is 10.8 Å². The molecule has 1 N–H and O–H groups in total. The number of aryl methyl sites for hydroxylation is 1. The van der Waals surface area contributed by atoms with E-state index in [9.17, 15) is 9.90 Å². The van der Waals surface area contributed by atoms with Gasteiger partial charge in [-0.1, -0.05) is 31.5 Å². The maximum Gasteiger partial charge on any atom is 0.346 e. The number of rotatable bonds is 4. The molecule has 3 aromatic rings. The van der Waals surface area contributed by atoms with Gasteiger partial charge < -0.3 is 5.11 Å². The zero-order chi connectivity index (χ0) is 14.1. The average Bonchev–Trinajstić information content (AvgIpc) is 2.80. The number of nitrogens with zero attached hydrogens (tertiary/aromatic N) is 1. The molecule has 0 saturated carbocycles. The first-order valence-electron chi connectivity index (χ1n) is 6.75. The van der Waals surface area contributed by atoms with E-state index in [1.165, 1.54) is 11.3 Å². The molecular formula is C16H15NO2S. The maximum atomic E-state index is 11.4. The van der Waals surface area contributed by atoms with E-state index < -0.39 is 5.97 Å². The lowest BCUT2D eigenvalue weighted by Crippen LogP contribution is -1.97. The Morgan fingerprint density at radius 1 is 1.35 bits per heavy atom. The van der Waals surface area contributed by atoms with Gasteiger partial charge in [0.25, 0.3) is 0 Å². The van der Waals surface area contributed by atoms with E-state index >= 15 is 0 Å². The molecular weight excluding hydrogens is 270 g/mol. The number of pyridine rings is 1. The second-order valence-corrected chi connectivity index (χ2v) is 5.85. The molecule has 0 aliphatic rings. The van der Waals surface area contributed by atoms with Crippen molar-refractivity contribution in [1.29, 1.82) is 0 Å². The van der Waals surface area contributed by atoms with Crippen molar-refractivity contribution < 1.29 is 9.90 Å². The second-order valence-electron chi connectivity index (χ2n) is 4.85. The molecule has 0 unspecified atom stereocenters. The predicted molar refractivity (Wildman–Crippen MR) is 82.7 cm³/mol. The number of unbranched alkanes of at least 4 members (excludes halogenated alkanes) is 1. The largest absolute Gasteiger partial charge is 0.477 e. The van der Waals surface area contributed by atoms with Crippen LogP contribution in [0.4, 0.5) is 0 Å². The van der Waals surface area contributed by atoms with Crippen LogP contribution in [0.1, 0.15) is 35.0 Å². The average molecular weight is 285 g/mol. The van der Waals surface area contributed by atoms with E-state index in [1.54, 1.807) is 0 Å². The topological polar surface area (TPSA) is 50.2 Å². The van der Waals surface area contributed by atoms with Crippen molar-refractivity contribution in [2.45, 2.75) is 26.2 Å². The summed E-state index contributed by atoms with van der Waals surface area (Å²) in [6, 6.07) is 9.98. The Morgan fingerprint density at radius 2 is 2.15 bits per heavy atom. The summed E-state index contributed by atoms with van der Waals surface area (Å²) in [6.07, 6.45) is 2.86. The highest BCUT2D eigenvalue weighted by Crippen LogP contribution is 2.33. The summed E-state index contributed by atoms with van der Waals surface area (Å²) in [5, 5.41) is 11.4. The minimum absolute atomic E-state index is 0.441. The lowest BCUT2D eigenvalue weighted by molar-refractivity contribution is 0.0701. The Balaban J connectivity index is 2.28. The predicted octanol–water partition coefficient (Wildman–Crippen LogP) is 4.49. The molecule has 2 aromatic heterocycles. The van der Waals surface area contributed by atoms with Crippen molar-refractivity contribution in [3.05, 3.63) is 40.8 Å². The van der Waals surface area contributed by atoms with Gasteiger partial charge in [-0.25, -0.2) is 9.78 Å². The normalized spacial score (nSPS) is 11.2. The van der Waals surface area contributed by atoms with Crippen LogP contribution in [-0.4, -0.2) is 16.1 Å². The van der Waals surface area contributed by atoms with Crippen LogP contribution >= 0.6 is 11.3 Å². The molecule has 0 atom stereocenters. The van der Waals surface area contributed by atoms with Gasteiger partial charge in [-0.2, -0.15) is 0 Å². The third-order valence-electron chi connectivity index (χ3n) is 3.46. The number of hydrogen-bond acceptors (Lipinski definition) is 3. The van der Waals surface area contributed by atoms with Gasteiger partial charge in [0.1, 0.15) is 9.71 Å². The van der Waals surface area contributed by atoms with Gasteiger partial charge in [0.15, 0.2) is 0 Å².